The van der Waals surface area contributed by atoms with Crippen molar-refractivity contribution in [2.45, 2.75) is 26.2 Å². The Labute approximate surface area is 230 Å². The normalized spacial score (nSPS) is 10.2. The van der Waals surface area contributed by atoms with Crippen LogP contribution in [-0.4, -0.2) is 28.5 Å². The first-order valence-corrected chi connectivity index (χ1v) is 10.5. The maximum atomic E-state index is 11.7. The van der Waals surface area contributed by atoms with Crippen LogP contribution in [0.5, 0.6) is 0 Å². The van der Waals surface area contributed by atoms with E-state index in [0.717, 1.165) is 17.1 Å². The molecule has 0 bridgehead atoms. The Morgan fingerprint density at radius 1 is 0.968 bits per heavy atom. The molecular weight excluding hydrogens is 437 g/mol. The van der Waals surface area contributed by atoms with E-state index in [1.54, 1.807) is 30.3 Å². The van der Waals surface area contributed by atoms with Crippen molar-refractivity contribution in [3.05, 3.63) is 78.7 Å². The molecule has 2 aromatic carbocycles. The Kier molecular flexibility index (Phi) is 13.0. The molecule has 0 saturated heterocycles. The minimum Gasteiger partial charge on any atom is -0.470 e. The van der Waals surface area contributed by atoms with Gasteiger partial charge in [-0.3, -0.25) is 9.59 Å². The molecule has 3 rings (SSSR count). The van der Waals surface area contributed by atoms with Gasteiger partial charge in [0.25, 0.3) is 0 Å². The standard InChI is InChI=1S/C16H15N2O2S.C7H10NO.K/c19-15(17-13-7-3-1-4-8-13)11-21-12-16(20)18-14-9-5-2-6-10-14;1-7(2,3)6-4-5-8-9-6;/h1,3-10H,11-12H2,(H,17,19)(H,18,20);4H,1-3H3;/q2*-1;+1. The van der Waals surface area contributed by atoms with E-state index in [-0.39, 0.29) is 80.1 Å². The average Bonchev–Trinajstić information content (AvgIpc) is 3.25. The maximum Gasteiger partial charge on any atom is 1.00 e. The van der Waals surface area contributed by atoms with Gasteiger partial charge in [0.1, 0.15) is 0 Å². The van der Waals surface area contributed by atoms with Gasteiger partial charge in [0.2, 0.25) is 11.8 Å². The number of hydrogen-bond acceptors (Lipinski definition) is 5. The van der Waals surface area contributed by atoms with Gasteiger partial charge in [0.05, 0.1) is 11.5 Å². The number of anilines is 2. The summed E-state index contributed by atoms with van der Waals surface area (Å²) in [5, 5.41) is 9.01. The Balaban J connectivity index is 0.000000404. The maximum absolute atomic E-state index is 11.7. The third-order valence-electron chi connectivity index (χ3n) is 3.66. The van der Waals surface area contributed by atoms with Crippen LogP contribution in [0.1, 0.15) is 26.5 Å². The van der Waals surface area contributed by atoms with Gasteiger partial charge in [0.15, 0.2) is 0 Å². The smallest absolute Gasteiger partial charge is 0.470 e. The zero-order valence-electron chi connectivity index (χ0n) is 18.3. The summed E-state index contributed by atoms with van der Waals surface area (Å²) in [4.78, 5) is 23.4. The molecule has 0 aliphatic carbocycles. The molecule has 0 saturated carbocycles. The van der Waals surface area contributed by atoms with Gasteiger partial charge in [-0.1, -0.05) is 44.7 Å². The minimum atomic E-state index is -0.126. The summed E-state index contributed by atoms with van der Waals surface area (Å²) in [5.74, 6) is 1.11. The average molecular weight is 463 g/mol. The molecule has 6 nitrogen and oxygen atoms in total. The van der Waals surface area contributed by atoms with Crippen LogP contribution >= 0.6 is 11.8 Å². The van der Waals surface area contributed by atoms with Gasteiger partial charge >= 0.3 is 51.4 Å². The van der Waals surface area contributed by atoms with Crippen LogP contribution in [0.4, 0.5) is 11.4 Å². The van der Waals surface area contributed by atoms with Crippen molar-refractivity contribution in [2.75, 3.05) is 22.1 Å². The molecule has 31 heavy (non-hydrogen) atoms. The van der Waals surface area contributed by atoms with Crippen LogP contribution in [0.2, 0.25) is 0 Å². The van der Waals surface area contributed by atoms with Crippen LogP contribution in [0.3, 0.4) is 0 Å². The first kappa shape index (κ1) is 27.6. The summed E-state index contributed by atoms with van der Waals surface area (Å²) in [7, 11) is 0. The summed E-state index contributed by atoms with van der Waals surface area (Å²) < 4.78 is 4.89. The van der Waals surface area contributed by atoms with E-state index in [1.807, 2.05) is 30.3 Å². The van der Waals surface area contributed by atoms with E-state index < -0.39 is 0 Å². The monoisotopic (exact) mass is 462 g/mol. The molecule has 3 aromatic rings. The Bertz CT molecular complexity index is 845. The number of carbonyl (C=O) groups is 2. The zero-order chi connectivity index (χ0) is 21.8. The van der Waals surface area contributed by atoms with Crippen LogP contribution < -0.4 is 62.0 Å². The Morgan fingerprint density at radius 2 is 1.52 bits per heavy atom. The molecule has 0 spiro atoms. The first-order valence-electron chi connectivity index (χ1n) is 9.36. The van der Waals surface area contributed by atoms with E-state index in [9.17, 15) is 9.59 Å². The van der Waals surface area contributed by atoms with Crippen molar-refractivity contribution in [1.82, 2.24) is 5.16 Å². The zero-order valence-corrected chi connectivity index (χ0v) is 22.2. The summed E-state index contributed by atoms with van der Waals surface area (Å²) >= 11 is 1.28. The molecule has 0 aliphatic rings. The van der Waals surface area contributed by atoms with E-state index in [2.05, 4.69) is 48.8 Å². The molecule has 0 radical (unpaired) electrons. The molecule has 1 aromatic heterocycles. The van der Waals surface area contributed by atoms with Gasteiger partial charge < -0.3 is 15.2 Å². The number of thioether (sulfide) groups is 1. The number of nitrogens with one attached hydrogen (secondary N) is 2. The fourth-order valence-corrected chi connectivity index (χ4v) is 2.78. The molecule has 8 heteroatoms. The summed E-state index contributed by atoms with van der Waals surface area (Å²) in [6.45, 7) is 6.21. The van der Waals surface area contributed by atoms with Crippen LogP contribution in [-0.2, 0) is 15.0 Å². The predicted octanol–water partition coefficient (Wildman–Crippen LogP) is 1.57. The number of amides is 2. The quantitative estimate of drug-likeness (QED) is 0.429. The van der Waals surface area contributed by atoms with Crippen LogP contribution in [0.15, 0.2) is 65.2 Å². The topological polar surface area (TPSA) is 84.2 Å². The number of rotatable bonds is 6. The van der Waals surface area contributed by atoms with Gasteiger partial charge in [-0.2, -0.15) is 24.3 Å². The van der Waals surface area contributed by atoms with Crippen molar-refractivity contribution >= 4 is 35.0 Å². The summed E-state index contributed by atoms with van der Waals surface area (Å²) in [5.41, 5.74) is 1.55. The number of hydrogen-bond donors (Lipinski definition) is 2. The third-order valence-corrected chi connectivity index (χ3v) is 4.59. The second-order valence-corrected chi connectivity index (χ2v) is 8.30. The number of benzene rings is 2. The number of carbonyl (C=O) groups excluding carboxylic acids is 2. The van der Waals surface area contributed by atoms with E-state index in [0.29, 0.717) is 0 Å². The van der Waals surface area contributed by atoms with Crippen molar-refractivity contribution < 1.29 is 65.5 Å². The molecule has 1 heterocycles. The van der Waals surface area contributed by atoms with Crippen molar-refractivity contribution in [3.63, 3.8) is 0 Å². The second-order valence-electron chi connectivity index (χ2n) is 7.31. The summed E-state index contributed by atoms with van der Waals surface area (Å²) in [6.07, 6.45) is 2.62. The molecule has 2 amide bonds. The predicted molar refractivity (Wildman–Crippen MR) is 120 cm³/mol. The third kappa shape index (κ3) is 11.7. The van der Waals surface area contributed by atoms with Crippen molar-refractivity contribution in [1.29, 1.82) is 0 Å². The Morgan fingerprint density at radius 3 is 1.97 bits per heavy atom. The first-order chi connectivity index (χ1) is 14.3. The minimum absolute atomic E-state index is 0. The van der Waals surface area contributed by atoms with Gasteiger partial charge in [-0.05, 0) is 23.3 Å². The molecule has 0 aliphatic heterocycles. The second kappa shape index (κ2) is 14.6. The van der Waals surface area contributed by atoms with Gasteiger partial charge in [0, 0.05) is 5.69 Å². The summed E-state index contributed by atoms with van der Waals surface area (Å²) in [6, 6.07) is 20.9. The molecule has 0 unspecified atom stereocenters. The fraction of sp³-hybridized carbons (Fsp3) is 0.261. The Hall–Kier alpha value is -1.42. The SMILES string of the molecule is CC(C)(C)c1c[c-]no1.O=C(CSCC(=O)Nc1ccccc1)Nc1cc[c-]cc1.[K+]. The van der Waals surface area contributed by atoms with E-state index in [4.69, 9.17) is 4.52 Å². The number of para-hydroxylation sites is 1. The van der Waals surface area contributed by atoms with E-state index in [1.165, 1.54) is 11.8 Å². The largest absolute Gasteiger partial charge is 1.00 e. The molecule has 0 atom stereocenters. The van der Waals surface area contributed by atoms with Gasteiger partial charge in [-0.25, -0.2) is 5.16 Å². The molecule has 158 valence electrons. The van der Waals surface area contributed by atoms with E-state index >= 15 is 0 Å². The fourth-order valence-electron chi connectivity index (χ4n) is 2.16. The van der Waals surface area contributed by atoms with Crippen LogP contribution in [0.25, 0.3) is 0 Å². The molecular formula is C23H25KN3O3S-. The van der Waals surface area contributed by atoms with Crippen molar-refractivity contribution in [2.24, 2.45) is 0 Å². The van der Waals surface area contributed by atoms with Gasteiger partial charge in [-0.15, -0.1) is 30.1 Å². The molecule has 2 N–H and O–H groups in total. The van der Waals surface area contributed by atoms with Crippen molar-refractivity contribution in [3.8, 4) is 0 Å². The van der Waals surface area contributed by atoms with Crippen LogP contribution in [0, 0.1) is 12.3 Å². The molecule has 0 fully saturated rings. The number of aromatic nitrogens is 1. The number of nitrogens with zero attached hydrogens (tertiary/aromatic N) is 1.